The molecule has 0 aliphatic heterocycles. The minimum Gasteiger partial charge on any atom is -0.351 e. The van der Waals surface area contributed by atoms with Crippen LogP contribution in [-0.2, 0) is 11.3 Å². The lowest BCUT2D eigenvalue weighted by atomic mass is 10.1. The van der Waals surface area contributed by atoms with Crippen molar-refractivity contribution in [3.05, 3.63) is 42.4 Å². The maximum Gasteiger partial charge on any atom is 0.237 e. The summed E-state index contributed by atoms with van der Waals surface area (Å²) in [5, 5.41) is 6.95. The van der Waals surface area contributed by atoms with Gasteiger partial charge >= 0.3 is 0 Å². The van der Waals surface area contributed by atoms with Gasteiger partial charge < -0.3 is 11.1 Å². The standard InChI is InChI=1S/C14H19N5O.ClH/c1-10(2)13(15)14(20)17-9-11-4-6-16-12(8-11)19-7-3-5-18-19;/h3-8,10,13H,9,15H2,1-2H3,(H,17,20);1H/t13-;/m0./s1. The van der Waals surface area contributed by atoms with Gasteiger partial charge in [-0.2, -0.15) is 5.10 Å². The van der Waals surface area contributed by atoms with Gasteiger partial charge in [0, 0.05) is 25.1 Å². The molecule has 1 atom stereocenters. The lowest BCUT2D eigenvalue weighted by molar-refractivity contribution is -0.123. The van der Waals surface area contributed by atoms with Crippen molar-refractivity contribution in [3.8, 4) is 5.82 Å². The van der Waals surface area contributed by atoms with Crippen LogP contribution >= 0.6 is 12.4 Å². The van der Waals surface area contributed by atoms with Gasteiger partial charge in [-0.1, -0.05) is 13.8 Å². The van der Waals surface area contributed by atoms with Gasteiger partial charge in [-0.25, -0.2) is 9.67 Å². The van der Waals surface area contributed by atoms with E-state index in [2.05, 4.69) is 15.4 Å². The summed E-state index contributed by atoms with van der Waals surface area (Å²) in [5.41, 5.74) is 6.75. The zero-order valence-corrected chi connectivity index (χ0v) is 12.9. The Labute approximate surface area is 130 Å². The summed E-state index contributed by atoms with van der Waals surface area (Å²) in [6, 6.07) is 5.09. The van der Waals surface area contributed by atoms with Gasteiger partial charge in [0.1, 0.15) is 0 Å². The number of hydrogen-bond donors (Lipinski definition) is 2. The predicted molar refractivity (Wildman–Crippen MR) is 83.3 cm³/mol. The molecule has 0 fully saturated rings. The molecule has 1 amide bonds. The van der Waals surface area contributed by atoms with E-state index in [0.29, 0.717) is 6.54 Å². The lowest BCUT2D eigenvalue weighted by Crippen LogP contribution is -2.43. The fraction of sp³-hybridized carbons (Fsp3) is 0.357. The van der Waals surface area contributed by atoms with Crippen LogP contribution in [0.2, 0.25) is 0 Å². The molecule has 0 radical (unpaired) electrons. The van der Waals surface area contributed by atoms with Crippen LogP contribution in [0.1, 0.15) is 19.4 Å². The molecule has 0 bridgehead atoms. The fourth-order valence-electron chi connectivity index (χ4n) is 1.71. The van der Waals surface area contributed by atoms with Crippen LogP contribution in [0.15, 0.2) is 36.8 Å². The average Bonchev–Trinajstić information content (AvgIpc) is 2.98. The molecule has 7 heteroatoms. The summed E-state index contributed by atoms with van der Waals surface area (Å²) in [4.78, 5) is 16.0. The van der Waals surface area contributed by atoms with Crippen LogP contribution in [0.5, 0.6) is 0 Å². The van der Waals surface area contributed by atoms with Crippen molar-refractivity contribution in [2.75, 3.05) is 0 Å². The maximum atomic E-state index is 11.8. The van der Waals surface area contributed by atoms with E-state index in [1.165, 1.54) is 0 Å². The second-order valence-corrected chi connectivity index (χ2v) is 4.96. The first kappa shape index (κ1) is 17.1. The Morgan fingerprint density at radius 3 is 2.81 bits per heavy atom. The van der Waals surface area contributed by atoms with E-state index in [9.17, 15) is 4.79 Å². The number of carbonyl (C=O) groups is 1. The Bertz CT molecular complexity index is 571. The number of nitrogens with two attached hydrogens (primary N) is 1. The van der Waals surface area contributed by atoms with Crippen molar-refractivity contribution in [2.24, 2.45) is 11.7 Å². The third-order valence-corrected chi connectivity index (χ3v) is 3.04. The first-order valence-electron chi connectivity index (χ1n) is 6.56. The van der Waals surface area contributed by atoms with E-state index >= 15 is 0 Å². The van der Waals surface area contributed by atoms with Gasteiger partial charge in [-0.3, -0.25) is 4.79 Å². The van der Waals surface area contributed by atoms with Gasteiger partial charge in [0.2, 0.25) is 5.91 Å². The SMILES string of the molecule is CC(C)[C@H](N)C(=O)NCc1ccnc(-n2cccn2)c1.Cl. The Balaban J connectivity index is 0.00000220. The quantitative estimate of drug-likeness (QED) is 0.871. The second-order valence-electron chi connectivity index (χ2n) is 4.96. The van der Waals surface area contributed by atoms with Crippen LogP contribution in [0.25, 0.3) is 5.82 Å². The van der Waals surface area contributed by atoms with Crippen molar-refractivity contribution in [1.82, 2.24) is 20.1 Å². The smallest absolute Gasteiger partial charge is 0.237 e. The number of aromatic nitrogens is 3. The molecule has 0 unspecified atom stereocenters. The summed E-state index contributed by atoms with van der Waals surface area (Å²) in [6.45, 7) is 4.27. The Morgan fingerprint density at radius 2 is 2.19 bits per heavy atom. The van der Waals surface area contributed by atoms with Gasteiger partial charge in [0.05, 0.1) is 6.04 Å². The maximum absolute atomic E-state index is 11.8. The average molecular weight is 310 g/mol. The summed E-state index contributed by atoms with van der Waals surface area (Å²) in [6.07, 6.45) is 5.21. The van der Waals surface area contributed by atoms with Crippen LogP contribution in [0.4, 0.5) is 0 Å². The van der Waals surface area contributed by atoms with Gasteiger partial charge in [-0.05, 0) is 29.7 Å². The summed E-state index contributed by atoms with van der Waals surface area (Å²) >= 11 is 0. The molecule has 2 aromatic heterocycles. The zero-order chi connectivity index (χ0) is 14.5. The van der Waals surface area contributed by atoms with Crippen LogP contribution in [0, 0.1) is 5.92 Å². The van der Waals surface area contributed by atoms with E-state index in [-0.39, 0.29) is 24.2 Å². The third kappa shape index (κ3) is 4.54. The van der Waals surface area contributed by atoms with Crippen molar-refractivity contribution < 1.29 is 4.79 Å². The fourth-order valence-corrected chi connectivity index (χ4v) is 1.71. The van der Waals surface area contributed by atoms with E-state index in [1.807, 2.05) is 38.2 Å². The summed E-state index contributed by atoms with van der Waals surface area (Å²) in [7, 11) is 0. The number of hydrogen-bond acceptors (Lipinski definition) is 4. The molecule has 2 rings (SSSR count). The van der Waals surface area contributed by atoms with Crippen LogP contribution in [-0.4, -0.2) is 26.7 Å². The molecule has 0 aliphatic carbocycles. The van der Waals surface area contributed by atoms with Gasteiger partial charge in [-0.15, -0.1) is 12.4 Å². The van der Waals surface area contributed by atoms with Crippen molar-refractivity contribution >= 4 is 18.3 Å². The molecule has 114 valence electrons. The Morgan fingerprint density at radius 1 is 1.43 bits per heavy atom. The molecule has 21 heavy (non-hydrogen) atoms. The molecule has 0 aromatic carbocycles. The van der Waals surface area contributed by atoms with E-state index in [0.717, 1.165) is 11.4 Å². The molecule has 2 heterocycles. The Kier molecular flexibility index (Phi) is 6.33. The van der Waals surface area contributed by atoms with Crippen LogP contribution < -0.4 is 11.1 Å². The van der Waals surface area contributed by atoms with Crippen molar-refractivity contribution in [1.29, 1.82) is 0 Å². The number of pyridine rings is 1. The molecule has 0 saturated heterocycles. The van der Waals surface area contributed by atoms with Gasteiger partial charge in [0.25, 0.3) is 0 Å². The topological polar surface area (TPSA) is 85.8 Å². The monoisotopic (exact) mass is 309 g/mol. The summed E-state index contributed by atoms with van der Waals surface area (Å²) in [5.74, 6) is 0.694. The normalized spacial score (nSPS) is 11.8. The number of nitrogens with zero attached hydrogens (tertiary/aromatic N) is 3. The van der Waals surface area contributed by atoms with Crippen molar-refractivity contribution in [3.63, 3.8) is 0 Å². The van der Waals surface area contributed by atoms with E-state index in [1.54, 1.807) is 17.1 Å². The highest BCUT2D eigenvalue weighted by Crippen LogP contribution is 2.06. The number of rotatable bonds is 5. The highest BCUT2D eigenvalue weighted by atomic mass is 35.5. The molecule has 0 spiro atoms. The number of amides is 1. The first-order chi connectivity index (χ1) is 9.58. The molecular weight excluding hydrogens is 290 g/mol. The van der Waals surface area contributed by atoms with Gasteiger partial charge in [0.15, 0.2) is 5.82 Å². The second kappa shape index (κ2) is 7.75. The third-order valence-electron chi connectivity index (χ3n) is 3.04. The molecular formula is C14H20ClN5O. The minimum atomic E-state index is -0.484. The van der Waals surface area contributed by atoms with Crippen molar-refractivity contribution in [2.45, 2.75) is 26.4 Å². The molecule has 3 N–H and O–H groups in total. The highest BCUT2D eigenvalue weighted by molar-refractivity contribution is 5.85. The zero-order valence-electron chi connectivity index (χ0n) is 12.1. The molecule has 2 aromatic rings. The van der Waals surface area contributed by atoms with E-state index < -0.39 is 6.04 Å². The highest BCUT2D eigenvalue weighted by Gasteiger charge is 2.16. The first-order valence-corrected chi connectivity index (χ1v) is 6.56. The number of halogens is 1. The Hall–Kier alpha value is -1.92. The predicted octanol–water partition coefficient (Wildman–Crippen LogP) is 1.29. The number of nitrogens with one attached hydrogen (secondary N) is 1. The molecule has 0 saturated carbocycles. The largest absolute Gasteiger partial charge is 0.351 e. The van der Waals surface area contributed by atoms with E-state index in [4.69, 9.17) is 5.73 Å². The molecule has 6 nitrogen and oxygen atoms in total. The van der Waals surface area contributed by atoms with Crippen LogP contribution in [0.3, 0.4) is 0 Å². The molecule has 0 aliphatic rings. The summed E-state index contributed by atoms with van der Waals surface area (Å²) < 4.78 is 1.67. The minimum absolute atomic E-state index is 0. The number of carbonyl (C=O) groups excluding carboxylic acids is 1. The lowest BCUT2D eigenvalue weighted by Gasteiger charge is -2.15.